The van der Waals surface area contributed by atoms with Gasteiger partial charge in [0.2, 0.25) is 0 Å². The molecule has 4 N–H and O–H groups in total. The molecule has 70 valence electrons. The van der Waals surface area contributed by atoms with E-state index in [4.69, 9.17) is 5.84 Å². The molecule has 0 saturated carbocycles. The average molecular weight is 244 g/mol. The number of aryl methyl sites for hydroxylation is 1. The van der Waals surface area contributed by atoms with Crippen molar-refractivity contribution in [3.8, 4) is 0 Å². The minimum Gasteiger partial charge on any atom is -0.306 e. The highest BCUT2D eigenvalue weighted by atomic mass is 79.9. The standard InChI is InChI=1S/C8H10BrN3O/c1-5-3-2-4-6(7(5)9)11-8(13)12-10/h2-4H,10H2,1H3,(H2,11,12,13). The first kappa shape index (κ1) is 10.0. The number of nitrogens with two attached hydrogens (primary N) is 1. The Balaban J connectivity index is 2.89. The number of rotatable bonds is 1. The fourth-order valence-electron chi connectivity index (χ4n) is 0.902. The van der Waals surface area contributed by atoms with Crippen molar-refractivity contribution in [1.82, 2.24) is 5.43 Å². The first-order valence-corrected chi connectivity index (χ1v) is 4.47. The lowest BCUT2D eigenvalue weighted by Gasteiger charge is -2.07. The van der Waals surface area contributed by atoms with Gasteiger partial charge in [-0.3, -0.25) is 5.43 Å². The van der Waals surface area contributed by atoms with Crippen LogP contribution in [0, 0.1) is 6.92 Å². The van der Waals surface area contributed by atoms with Crippen LogP contribution in [0.4, 0.5) is 10.5 Å². The van der Waals surface area contributed by atoms with Gasteiger partial charge in [-0.1, -0.05) is 12.1 Å². The van der Waals surface area contributed by atoms with Gasteiger partial charge in [0.15, 0.2) is 0 Å². The Morgan fingerprint density at radius 3 is 2.85 bits per heavy atom. The summed E-state index contributed by atoms with van der Waals surface area (Å²) in [6, 6.07) is 5.14. The Hall–Kier alpha value is -1.07. The second kappa shape index (κ2) is 4.25. The maximum Gasteiger partial charge on any atom is 0.333 e. The van der Waals surface area contributed by atoms with Crippen molar-refractivity contribution in [2.24, 2.45) is 5.84 Å². The molecule has 0 aliphatic carbocycles. The van der Waals surface area contributed by atoms with Gasteiger partial charge in [0.05, 0.1) is 5.69 Å². The Labute approximate surface area is 84.6 Å². The third kappa shape index (κ3) is 2.43. The molecule has 1 aromatic carbocycles. The third-order valence-corrected chi connectivity index (χ3v) is 2.62. The Bertz CT molecular complexity index is 327. The van der Waals surface area contributed by atoms with Crippen molar-refractivity contribution < 1.29 is 4.79 Å². The Morgan fingerprint density at radius 1 is 1.54 bits per heavy atom. The number of nitrogens with one attached hydrogen (secondary N) is 2. The molecule has 0 spiro atoms. The van der Waals surface area contributed by atoms with Crippen molar-refractivity contribution in [3.05, 3.63) is 28.2 Å². The summed E-state index contributed by atoms with van der Waals surface area (Å²) in [4.78, 5) is 10.9. The molecule has 4 nitrogen and oxygen atoms in total. The number of urea groups is 1. The van der Waals surface area contributed by atoms with Gasteiger partial charge >= 0.3 is 6.03 Å². The molecule has 2 amide bonds. The van der Waals surface area contributed by atoms with Gasteiger partial charge in [0.25, 0.3) is 0 Å². The molecule has 0 aliphatic rings. The van der Waals surface area contributed by atoms with Gasteiger partial charge in [-0.25, -0.2) is 10.6 Å². The SMILES string of the molecule is Cc1cccc(NC(=O)NN)c1Br. The first-order chi connectivity index (χ1) is 6.15. The van der Waals surface area contributed by atoms with E-state index in [0.29, 0.717) is 5.69 Å². The van der Waals surface area contributed by atoms with Crippen molar-refractivity contribution in [2.75, 3.05) is 5.32 Å². The monoisotopic (exact) mass is 243 g/mol. The van der Waals surface area contributed by atoms with Crippen LogP contribution in [0.3, 0.4) is 0 Å². The van der Waals surface area contributed by atoms with Crippen LogP contribution in [0.15, 0.2) is 22.7 Å². The number of hydrogen-bond donors (Lipinski definition) is 3. The van der Waals surface area contributed by atoms with E-state index < -0.39 is 6.03 Å². The van der Waals surface area contributed by atoms with E-state index >= 15 is 0 Å². The van der Waals surface area contributed by atoms with Gasteiger partial charge in [-0.15, -0.1) is 0 Å². The summed E-state index contributed by atoms with van der Waals surface area (Å²) in [6.45, 7) is 1.94. The number of halogens is 1. The van der Waals surface area contributed by atoms with Gasteiger partial charge in [-0.2, -0.15) is 0 Å². The first-order valence-electron chi connectivity index (χ1n) is 3.68. The van der Waals surface area contributed by atoms with Crippen LogP contribution in [-0.4, -0.2) is 6.03 Å². The number of anilines is 1. The second-order valence-corrected chi connectivity index (χ2v) is 3.33. The summed E-state index contributed by atoms with van der Waals surface area (Å²) < 4.78 is 0.860. The lowest BCUT2D eigenvalue weighted by atomic mass is 10.2. The highest BCUT2D eigenvalue weighted by Crippen LogP contribution is 2.25. The van der Waals surface area contributed by atoms with E-state index in [2.05, 4.69) is 21.2 Å². The molecular weight excluding hydrogens is 234 g/mol. The predicted molar refractivity (Wildman–Crippen MR) is 55.2 cm³/mol. The van der Waals surface area contributed by atoms with Crippen molar-refractivity contribution in [3.63, 3.8) is 0 Å². The Kier molecular flexibility index (Phi) is 3.27. The van der Waals surface area contributed by atoms with E-state index in [9.17, 15) is 4.79 Å². The van der Waals surface area contributed by atoms with Crippen LogP contribution in [0.1, 0.15) is 5.56 Å². The highest BCUT2D eigenvalue weighted by molar-refractivity contribution is 9.10. The zero-order valence-electron chi connectivity index (χ0n) is 7.10. The molecular formula is C8H10BrN3O. The molecule has 13 heavy (non-hydrogen) atoms. The lowest BCUT2D eigenvalue weighted by Crippen LogP contribution is -2.34. The summed E-state index contributed by atoms with van der Waals surface area (Å²) in [5.74, 6) is 4.93. The van der Waals surface area contributed by atoms with E-state index in [0.717, 1.165) is 10.0 Å². The second-order valence-electron chi connectivity index (χ2n) is 2.53. The highest BCUT2D eigenvalue weighted by Gasteiger charge is 2.04. The minimum atomic E-state index is -0.439. The molecule has 0 aromatic heterocycles. The topological polar surface area (TPSA) is 67.2 Å². The number of amides is 2. The fourth-order valence-corrected chi connectivity index (χ4v) is 1.27. The van der Waals surface area contributed by atoms with Crippen LogP contribution >= 0.6 is 15.9 Å². The maximum absolute atomic E-state index is 10.9. The van der Waals surface area contributed by atoms with Gasteiger partial charge in [0.1, 0.15) is 0 Å². The van der Waals surface area contributed by atoms with Crippen LogP contribution in [0.5, 0.6) is 0 Å². The normalized spacial score (nSPS) is 9.46. The zero-order chi connectivity index (χ0) is 9.84. The molecule has 1 rings (SSSR count). The van der Waals surface area contributed by atoms with E-state index in [-0.39, 0.29) is 0 Å². The Morgan fingerprint density at radius 2 is 2.23 bits per heavy atom. The van der Waals surface area contributed by atoms with Crippen molar-refractivity contribution in [2.45, 2.75) is 6.92 Å². The van der Waals surface area contributed by atoms with E-state index in [1.165, 1.54) is 0 Å². The summed E-state index contributed by atoms with van der Waals surface area (Å²) in [5, 5.41) is 2.58. The van der Waals surface area contributed by atoms with Gasteiger partial charge in [-0.05, 0) is 34.5 Å². The molecule has 0 fully saturated rings. The van der Waals surface area contributed by atoms with E-state index in [1.54, 1.807) is 6.07 Å². The quantitative estimate of drug-likeness (QED) is 0.400. The molecule has 0 bridgehead atoms. The zero-order valence-corrected chi connectivity index (χ0v) is 8.68. The molecule has 1 aromatic rings. The number of hydrogen-bond acceptors (Lipinski definition) is 2. The number of carbonyl (C=O) groups excluding carboxylic acids is 1. The van der Waals surface area contributed by atoms with E-state index in [1.807, 2.05) is 24.5 Å². The minimum absolute atomic E-state index is 0.439. The fraction of sp³-hybridized carbons (Fsp3) is 0.125. The smallest absolute Gasteiger partial charge is 0.306 e. The largest absolute Gasteiger partial charge is 0.333 e. The molecule has 0 aliphatic heterocycles. The summed E-state index contributed by atoms with van der Waals surface area (Å²) in [7, 11) is 0. The molecule has 0 atom stereocenters. The lowest BCUT2D eigenvalue weighted by molar-refractivity contribution is 0.252. The van der Waals surface area contributed by atoms with Crippen LogP contribution < -0.4 is 16.6 Å². The number of carbonyl (C=O) groups is 1. The predicted octanol–water partition coefficient (Wildman–Crippen LogP) is 1.75. The van der Waals surface area contributed by atoms with Crippen LogP contribution in [-0.2, 0) is 0 Å². The average Bonchev–Trinajstić information content (AvgIpc) is 2.13. The van der Waals surface area contributed by atoms with Gasteiger partial charge < -0.3 is 5.32 Å². The molecule has 0 saturated heterocycles. The molecule has 0 unspecified atom stereocenters. The summed E-state index contributed by atoms with van der Waals surface area (Å²) in [5.41, 5.74) is 3.74. The molecule has 0 radical (unpaired) electrons. The van der Waals surface area contributed by atoms with Crippen molar-refractivity contribution >= 4 is 27.6 Å². The third-order valence-electron chi connectivity index (χ3n) is 1.57. The number of benzene rings is 1. The summed E-state index contributed by atoms with van der Waals surface area (Å²) >= 11 is 3.35. The van der Waals surface area contributed by atoms with Gasteiger partial charge in [0, 0.05) is 4.47 Å². The summed E-state index contributed by atoms with van der Waals surface area (Å²) in [6.07, 6.45) is 0. The molecule has 5 heteroatoms. The van der Waals surface area contributed by atoms with Crippen LogP contribution in [0.25, 0.3) is 0 Å². The maximum atomic E-state index is 10.9. The number of hydrazine groups is 1. The van der Waals surface area contributed by atoms with Crippen LogP contribution in [0.2, 0.25) is 0 Å². The molecule has 0 heterocycles. The van der Waals surface area contributed by atoms with Crippen molar-refractivity contribution in [1.29, 1.82) is 0 Å².